The Balaban J connectivity index is 1.24. The van der Waals surface area contributed by atoms with Crippen molar-refractivity contribution >= 4 is 39.7 Å². The maximum atomic E-state index is 13.1. The fourth-order valence-electron chi connectivity index (χ4n) is 5.27. The summed E-state index contributed by atoms with van der Waals surface area (Å²) >= 11 is 5.78. The summed E-state index contributed by atoms with van der Waals surface area (Å²) in [4.78, 5) is 19.7. The van der Waals surface area contributed by atoms with E-state index in [-0.39, 0.29) is 24.4 Å². The van der Waals surface area contributed by atoms with Gasteiger partial charge in [0, 0.05) is 35.8 Å². The van der Waals surface area contributed by atoms with Crippen LogP contribution in [0.2, 0.25) is 0 Å². The maximum absolute atomic E-state index is 13.1. The Bertz CT molecular complexity index is 1660. The number of pyridine rings is 1. The molecule has 0 bridgehead atoms. The Labute approximate surface area is 244 Å². The molecular formula is C33H30N4O3S. The van der Waals surface area contributed by atoms with E-state index < -0.39 is 0 Å². The van der Waals surface area contributed by atoms with Crippen LogP contribution in [0.1, 0.15) is 36.9 Å². The number of fused-ring (bicyclic) bond motifs is 1. The second kappa shape index (κ2) is 11.8. The molecule has 1 fully saturated rings. The molecule has 8 heteroatoms. The van der Waals surface area contributed by atoms with Crippen molar-refractivity contribution in [2.24, 2.45) is 0 Å². The summed E-state index contributed by atoms with van der Waals surface area (Å²) in [7, 11) is 0. The predicted octanol–water partition coefficient (Wildman–Crippen LogP) is 6.89. The van der Waals surface area contributed by atoms with Crippen molar-refractivity contribution in [1.82, 2.24) is 15.2 Å². The van der Waals surface area contributed by atoms with Crippen LogP contribution in [-0.4, -0.2) is 34.1 Å². The van der Waals surface area contributed by atoms with E-state index in [1.807, 2.05) is 109 Å². The molecule has 0 unspecified atom stereocenters. The number of nitrogens with one attached hydrogen (secondary N) is 2. The van der Waals surface area contributed by atoms with Crippen molar-refractivity contribution < 1.29 is 13.9 Å². The molecule has 0 aliphatic carbocycles. The molecule has 6 rings (SSSR count). The predicted molar refractivity (Wildman–Crippen MR) is 165 cm³/mol. The van der Waals surface area contributed by atoms with E-state index in [2.05, 4.69) is 15.6 Å². The van der Waals surface area contributed by atoms with Gasteiger partial charge in [0.1, 0.15) is 23.3 Å². The van der Waals surface area contributed by atoms with E-state index >= 15 is 0 Å². The second-order valence-corrected chi connectivity index (χ2v) is 10.2. The van der Waals surface area contributed by atoms with Crippen LogP contribution in [0.25, 0.3) is 22.1 Å². The van der Waals surface area contributed by atoms with Crippen LogP contribution in [0.3, 0.4) is 0 Å². The van der Waals surface area contributed by atoms with Gasteiger partial charge in [-0.3, -0.25) is 9.78 Å². The number of nitrogens with zero attached hydrogens (tertiary/aromatic N) is 2. The lowest BCUT2D eigenvalue weighted by Gasteiger charge is -2.26. The number of ether oxygens (including phenoxy) is 1. The minimum absolute atomic E-state index is 0.0845. The van der Waals surface area contributed by atoms with E-state index in [0.717, 1.165) is 45.0 Å². The highest BCUT2D eigenvalue weighted by molar-refractivity contribution is 7.80. The van der Waals surface area contributed by atoms with E-state index in [0.29, 0.717) is 18.3 Å². The van der Waals surface area contributed by atoms with Gasteiger partial charge in [0.2, 0.25) is 5.91 Å². The lowest BCUT2D eigenvalue weighted by Crippen LogP contribution is -2.32. The third-order valence-corrected chi connectivity index (χ3v) is 7.56. The van der Waals surface area contributed by atoms with E-state index in [4.69, 9.17) is 21.4 Å². The lowest BCUT2D eigenvalue weighted by molar-refractivity contribution is -0.116. The molecule has 3 heterocycles. The largest absolute Gasteiger partial charge is 0.494 e. The highest BCUT2D eigenvalue weighted by atomic mass is 32.1. The number of hydrogen-bond donors (Lipinski definition) is 2. The number of amides is 1. The molecule has 7 nitrogen and oxygen atoms in total. The van der Waals surface area contributed by atoms with Crippen LogP contribution in [0.5, 0.6) is 5.75 Å². The molecule has 1 amide bonds. The minimum Gasteiger partial charge on any atom is -0.494 e. The Hall–Kier alpha value is -4.69. The van der Waals surface area contributed by atoms with E-state index in [9.17, 15) is 4.79 Å². The van der Waals surface area contributed by atoms with Crippen molar-refractivity contribution in [2.45, 2.75) is 25.4 Å². The summed E-state index contributed by atoms with van der Waals surface area (Å²) in [5.74, 6) is 2.22. The van der Waals surface area contributed by atoms with Crippen LogP contribution < -0.4 is 15.4 Å². The number of aromatic nitrogens is 1. The first-order valence-electron chi connectivity index (χ1n) is 13.7. The number of carbonyl (C=O) groups excluding carboxylic acids is 1. The van der Waals surface area contributed by atoms with E-state index in [1.165, 1.54) is 0 Å². The van der Waals surface area contributed by atoms with E-state index in [1.54, 1.807) is 6.20 Å². The molecule has 2 aromatic heterocycles. The summed E-state index contributed by atoms with van der Waals surface area (Å²) in [6, 6.07) is 31.0. The highest BCUT2D eigenvalue weighted by Crippen LogP contribution is 2.40. The second-order valence-electron chi connectivity index (χ2n) is 9.80. The van der Waals surface area contributed by atoms with Gasteiger partial charge >= 0.3 is 0 Å². The first-order chi connectivity index (χ1) is 20.1. The van der Waals surface area contributed by atoms with Gasteiger partial charge in [0.05, 0.1) is 18.3 Å². The van der Waals surface area contributed by atoms with Crippen LogP contribution in [0.4, 0.5) is 5.69 Å². The van der Waals surface area contributed by atoms with Gasteiger partial charge in [-0.15, -0.1) is 0 Å². The molecule has 2 N–H and O–H groups in total. The molecule has 0 saturated carbocycles. The van der Waals surface area contributed by atoms with Crippen molar-refractivity contribution in [1.29, 1.82) is 0 Å². The zero-order valence-electron chi connectivity index (χ0n) is 22.6. The summed E-state index contributed by atoms with van der Waals surface area (Å²) in [5.41, 5.74) is 2.59. The normalized spacial score (nSPS) is 16.5. The number of thiocarbonyl (C=S) groups is 1. The molecule has 5 aromatic rings. The molecule has 0 spiro atoms. The summed E-state index contributed by atoms with van der Waals surface area (Å²) in [5, 5.41) is 9.15. The summed E-state index contributed by atoms with van der Waals surface area (Å²) in [6.45, 7) is 2.99. The average molecular weight is 563 g/mol. The molecule has 1 saturated heterocycles. The van der Waals surface area contributed by atoms with Gasteiger partial charge in [-0.1, -0.05) is 42.5 Å². The van der Waals surface area contributed by atoms with Gasteiger partial charge in [0.25, 0.3) is 0 Å². The smallest absolute Gasteiger partial charge is 0.226 e. The van der Waals surface area contributed by atoms with Gasteiger partial charge in [0.15, 0.2) is 5.11 Å². The fraction of sp³-hybridized carbons (Fsp3) is 0.182. The third kappa shape index (κ3) is 5.64. The topological polar surface area (TPSA) is 79.6 Å². The van der Waals surface area contributed by atoms with Crippen molar-refractivity contribution in [3.8, 4) is 17.1 Å². The van der Waals surface area contributed by atoms with Gasteiger partial charge in [-0.05, 0) is 79.1 Å². The quantitative estimate of drug-likeness (QED) is 0.189. The first kappa shape index (κ1) is 26.5. The Morgan fingerprint density at radius 2 is 1.80 bits per heavy atom. The summed E-state index contributed by atoms with van der Waals surface area (Å²) < 4.78 is 12.0. The number of anilines is 1. The molecule has 1 aliphatic heterocycles. The molecule has 0 radical (unpaired) electrons. The Morgan fingerprint density at radius 3 is 2.61 bits per heavy atom. The van der Waals surface area contributed by atoms with Crippen LogP contribution >= 0.6 is 12.2 Å². The third-order valence-electron chi connectivity index (χ3n) is 7.21. The number of rotatable bonds is 9. The molecule has 2 atom stereocenters. The SMILES string of the molecule is CCOc1ccc(-c2ccc([C@H]3[C@@H](c4ccccn4)NC(=S)N3CCC(=O)Nc3cccc4ccccc34)o2)cc1. The molecule has 1 aliphatic rings. The number of furan rings is 1. The molecule has 206 valence electrons. The first-order valence-corrected chi connectivity index (χ1v) is 14.1. The van der Waals surface area contributed by atoms with Gasteiger partial charge in [-0.25, -0.2) is 0 Å². The van der Waals surface area contributed by atoms with Crippen molar-refractivity contribution in [3.63, 3.8) is 0 Å². The summed E-state index contributed by atoms with van der Waals surface area (Å²) in [6.07, 6.45) is 2.02. The van der Waals surface area contributed by atoms with Crippen LogP contribution in [-0.2, 0) is 4.79 Å². The molecule has 3 aromatic carbocycles. The number of hydrogen-bond acceptors (Lipinski definition) is 5. The fourth-order valence-corrected chi connectivity index (χ4v) is 5.61. The standard InChI is InChI=1S/C33H30N4O3S/c1-2-39-24-15-13-23(14-16-24)28-17-18-29(40-28)32-31(27-11-5-6-20-34-27)36-33(41)37(32)21-19-30(38)35-26-12-7-9-22-8-3-4-10-25(22)26/h3-18,20,31-32H,2,19,21H2,1H3,(H,35,38)(H,36,41)/t31-,32+/m1/s1. The Kier molecular flexibility index (Phi) is 7.65. The number of benzene rings is 3. The average Bonchev–Trinajstić information content (AvgIpc) is 3.62. The zero-order valence-corrected chi connectivity index (χ0v) is 23.4. The van der Waals surface area contributed by atoms with Crippen LogP contribution in [0, 0.1) is 0 Å². The van der Waals surface area contributed by atoms with Crippen molar-refractivity contribution in [3.05, 3.63) is 115 Å². The van der Waals surface area contributed by atoms with Crippen molar-refractivity contribution in [2.75, 3.05) is 18.5 Å². The maximum Gasteiger partial charge on any atom is 0.226 e. The molecule has 41 heavy (non-hydrogen) atoms. The van der Waals surface area contributed by atoms with Crippen LogP contribution in [0.15, 0.2) is 108 Å². The monoisotopic (exact) mass is 562 g/mol. The minimum atomic E-state index is -0.279. The lowest BCUT2D eigenvalue weighted by atomic mass is 10.0. The highest BCUT2D eigenvalue weighted by Gasteiger charge is 2.41. The zero-order chi connectivity index (χ0) is 28.2. The van der Waals surface area contributed by atoms with Gasteiger partial charge in [-0.2, -0.15) is 0 Å². The number of carbonyl (C=O) groups is 1. The van der Waals surface area contributed by atoms with Gasteiger partial charge < -0.3 is 24.7 Å². The Morgan fingerprint density at radius 1 is 1.00 bits per heavy atom. The molecular weight excluding hydrogens is 532 g/mol.